The quantitative estimate of drug-likeness (QED) is 0.250. The topological polar surface area (TPSA) is 121 Å². The standard InChI is InChI=1S/C24H35NO6S/c1-17(11-12-20-19(3)10-7-14-24(20,4)5)8-6-9-18(2)16-22(26)25-21(23(27)28)13-15-32(29,30)31/h6,8-9,11-12,16,21H,7,10,13-15H2,1-5H3,(H,25,26)(H,27,28)(H,29,30,31)/b9-6+,12-11+,17-8-,18-16+. The summed E-state index contributed by atoms with van der Waals surface area (Å²) < 4.78 is 30.3. The molecule has 1 amide bonds. The van der Waals surface area contributed by atoms with E-state index in [0.717, 1.165) is 12.0 Å². The van der Waals surface area contributed by atoms with Crippen LogP contribution >= 0.6 is 0 Å². The van der Waals surface area contributed by atoms with Crippen LogP contribution in [0.3, 0.4) is 0 Å². The summed E-state index contributed by atoms with van der Waals surface area (Å²) >= 11 is 0. The van der Waals surface area contributed by atoms with Gasteiger partial charge in [0.15, 0.2) is 0 Å². The van der Waals surface area contributed by atoms with Gasteiger partial charge in [-0.25, -0.2) is 4.79 Å². The van der Waals surface area contributed by atoms with Crippen molar-refractivity contribution in [3.63, 3.8) is 0 Å². The monoisotopic (exact) mass is 465 g/mol. The van der Waals surface area contributed by atoms with Crippen molar-refractivity contribution in [3.8, 4) is 0 Å². The molecule has 0 aromatic carbocycles. The zero-order valence-corrected chi connectivity index (χ0v) is 20.3. The van der Waals surface area contributed by atoms with Gasteiger partial charge in [0, 0.05) is 6.08 Å². The minimum absolute atomic E-state index is 0.177. The van der Waals surface area contributed by atoms with E-state index in [9.17, 15) is 18.0 Å². The van der Waals surface area contributed by atoms with Crippen LogP contribution in [0.25, 0.3) is 0 Å². The van der Waals surface area contributed by atoms with Crippen LogP contribution in [-0.4, -0.2) is 41.7 Å². The Kier molecular flexibility index (Phi) is 10.3. The van der Waals surface area contributed by atoms with Crippen LogP contribution in [0.2, 0.25) is 0 Å². The summed E-state index contributed by atoms with van der Waals surface area (Å²) in [5, 5.41) is 11.3. The summed E-state index contributed by atoms with van der Waals surface area (Å²) in [5.74, 6) is -2.78. The van der Waals surface area contributed by atoms with Gasteiger partial charge in [-0.2, -0.15) is 8.42 Å². The Bertz CT molecular complexity index is 964. The van der Waals surface area contributed by atoms with E-state index in [1.54, 1.807) is 19.1 Å². The Hall–Kier alpha value is -2.45. The van der Waals surface area contributed by atoms with E-state index in [1.807, 2.05) is 13.0 Å². The van der Waals surface area contributed by atoms with E-state index in [-0.39, 0.29) is 5.41 Å². The van der Waals surface area contributed by atoms with Gasteiger partial charge in [-0.1, -0.05) is 55.4 Å². The molecule has 0 fully saturated rings. The van der Waals surface area contributed by atoms with Gasteiger partial charge >= 0.3 is 5.97 Å². The lowest BCUT2D eigenvalue weighted by molar-refractivity contribution is -0.141. The molecular weight excluding hydrogens is 430 g/mol. The molecule has 8 heteroatoms. The largest absolute Gasteiger partial charge is 0.480 e. The summed E-state index contributed by atoms with van der Waals surface area (Å²) in [6.07, 6.45) is 14.1. The molecule has 1 aliphatic rings. The van der Waals surface area contributed by atoms with Crippen molar-refractivity contribution >= 4 is 22.0 Å². The van der Waals surface area contributed by atoms with Gasteiger partial charge in [0.05, 0.1) is 5.75 Å². The number of rotatable bonds is 10. The highest BCUT2D eigenvalue weighted by molar-refractivity contribution is 7.85. The average Bonchev–Trinajstić information content (AvgIpc) is 2.63. The SMILES string of the molecule is CC1=C(/C=C/C(C)=C\C=C\C(C)=C\C(=O)NC(CCS(=O)(=O)O)C(=O)O)C(C)(C)CCC1. The van der Waals surface area contributed by atoms with Gasteiger partial charge < -0.3 is 10.4 Å². The summed E-state index contributed by atoms with van der Waals surface area (Å²) in [6.45, 7) is 10.4. The minimum atomic E-state index is -4.31. The number of carboxylic acids is 1. The number of hydrogen-bond acceptors (Lipinski definition) is 4. The average molecular weight is 466 g/mol. The zero-order chi connectivity index (χ0) is 24.5. The minimum Gasteiger partial charge on any atom is -0.480 e. The van der Waals surface area contributed by atoms with E-state index < -0.39 is 40.2 Å². The normalized spacial score (nSPS) is 18.9. The number of amides is 1. The van der Waals surface area contributed by atoms with E-state index in [0.29, 0.717) is 5.57 Å². The Morgan fingerprint density at radius 2 is 1.84 bits per heavy atom. The molecule has 0 spiro atoms. The maximum Gasteiger partial charge on any atom is 0.326 e. The van der Waals surface area contributed by atoms with E-state index >= 15 is 0 Å². The first kappa shape index (κ1) is 27.6. The maximum absolute atomic E-state index is 12.0. The second-order valence-electron chi connectivity index (χ2n) is 8.90. The number of nitrogens with one attached hydrogen (secondary N) is 1. The van der Waals surface area contributed by atoms with Crippen LogP contribution in [-0.2, 0) is 19.7 Å². The van der Waals surface area contributed by atoms with E-state index in [2.05, 4.69) is 38.2 Å². The fraction of sp³-hybridized carbons (Fsp3) is 0.500. The van der Waals surface area contributed by atoms with E-state index in [4.69, 9.17) is 9.66 Å². The first-order chi connectivity index (χ1) is 14.7. The molecule has 3 N–H and O–H groups in total. The lowest BCUT2D eigenvalue weighted by atomic mass is 9.72. The van der Waals surface area contributed by atoms with Crippen LogP contribution in [0.4, 0.5) is 0 Å². The van der Waals surface area contributed by atoms with Crippen molar-refractivity contribution in [1.29, 1.82) is 0 Å². The van der Waals surface area contributed by atoms with Gasteiger partial charge in [0.2, 0.25) is 5.91 Å². The molecule has 0 aromatic heterocycles. The predicted molar refractivity (Wildman–Crippen MR) is 127 cm³/mol. The number of allylic oxidation sites excluding steroid dienone is 9. The molecule has 0 bridgehead atoms. The Balaban J connectivity index is 2.74. The molecule has 0 radical (unpaired) electrons. The molecule has 0 aliphatic heterocycles. The third-order valence-electron chi connectivity index (χ3n) is 5.41. The van der Waals surface area contributed by atoms with Crippen LogP contribution in [0.15, 0.2) is 58.7 Å². The van der Waals surface area contributed by atoms with Crippen LogP contribution < -0.4 is 5.32 Å². The number of carbonyl (C=O) groups excluding carboxylic acids is 1. The van der Waals surface area contributed by atoms with E-state index in [1.165, 1.54) is 30.1 Å². The van der Waals surface area contributed by atoms with Crippen molar-refractivity contribution in [1.82, 2.24) is 5.32 Å². The van der Waals surface area contributed by atoms with Crippen molar-refractivity contribution in [3.05, 3.63) is 58.7 Å². The van der Waals surface area contributed by atoms with Gasteiger partial charge in [-0.05, 0) is 63.0 Å². The van der Waals surface area contributed by atoms with Gasteiger partial charge in [-0.15, -0.1) is 0 Å². The summed E-state index contributed by atoms with van der Waals surface area (Å²) in [4.78, 5) is 23.2. The zero-order valence-electron chi connectivity index (χ0n) is 19.5. The fourth-order valence-corrected chi connectivity index (χ4v) is 4.16. The third-order valence-corrected chi connectivity index (χ3v) is 6.16. The highest BCUT2D eigenvalue weighted by Gasteiger charge is 2.26. The number of carboxylic acid groups (broad SMARTS) is 1. The second kappa shape index (κ2) is 12.0. The van der Waals surface area contributed by atoms with Gasteiger partial charge in [-0.3, -0.25) is 9.35 Å². The van der Waals surface area contributed by atoms with Crippen LogP contribution in [0, 0.1) is 5.41 Å². The molecule has 0 saturated heterocycles. The molecule has 178 valence electrons. The smallest absolute Gasteiger partial charge is 0.326 e. The predicted octanol–water partition coefficient (Wildman–Crippen LogP) is 4.37. The maximum atomic E-state index is 12.0. The van der Waals surface area contributed by atoms with Crippen molar-refractivity contribution < 1.29 is 27.7 Å². The lowest BCUT2D eigenvalue weighted by Gasteiger charge is -2.32. The first-order valence-corrected chi connectivity index (χ1v) is 12.2. The molecule has 32 heavy (non-hydrogen) atoms. The van der Waals surface area contributed by atoms with Gasteiger partial charge in [0.1, 0.15) is 6.04 Å². The highest BCUT2D eigenvalue weighted by atomic mass is 32.2. The fourth-order valence-electron chi connectivity index (χ4n) is 3.62. The molecule has 0 aromatic rings. The van der Waals surface area contributed by atoms with Crippen molar-refractivity contribution in [2.45, 2.75) is 66.3 Å². The lowest BCUT2D eigenvalue weighted by Crippen LogP contribution is -2.41. The number of hydrogen-bond donors (Lipinski definition) is 3. The molecule has 0 heterocycles. The second-order valence-corrected chi connectivity index (χ2v) is 10.5. The molecule has 7 nitrogen and oxygen atoms in total. The Labute approximate surface area is 191 Å². The molecule has 0 saturated carbocycles. The van der Waals surface area contributed by atoms with Crippen LogP contribution in [0.1, 0.15) is 60.3 Å². The van der Waals surface area contributed by atoms with Crippen molar-refractivity contribution in [2.75, 3.05) is 5.75 Å². The third kappa shape index (κ3) is 10.2. The molecule has 1 rings (SSSR count). The number of carbonyl (C=O) groups is 2. The summed E-state index contributed by atoms with van der Waals surface area (Å²) in [6, 6.07) is -1.41. The summed E-state index contributed by atoms with van der Waals surface area (Å²) in [7, 11) is -4.31. The van der Waals surface area contributed by atoms with Gasteiger partial charge in [0.25, 0.3) is 10.1 Å². The molecular formula is C24H35NO6S. The first-order valence-electron chi connectivity index (χ1n) is 10.6. The summed E-state index contributed by atoms with van der Waals surface area (Å²) in [5.41, 5.74) is 4.64. The van der Waals surface area contributed by atoms with Crippen molar-refractivity contribution in [2.24, 2.45) is 5.41 Å². The molecule has 1 aliphatic carbocycles. The Morgan fingerprint density at radius 3 is 2.41 bits per heavy atom. The highest BCUT2D eigenvalue weighted by Crippen LogP contribution is 2.40. The number of aliphatic carboxylic acids is 1. The molecule has 1 atom stereocenters. The molecule has 1 unspecified atom stereocenters. The Morgan fingerprint density at radius 1 is 1.19 bits per heavy atom. The van der Waals surface area contributed by atoms with Crippen LogP contribution in [0.5, 0.6) is 0 Å².